The zero-order valence-corrected chi connectivity index (χ0v) is 11.9. The van der Waals surface area contributed by atoms with Crippen LogP contribution < -0.4 is 5.32 Å². The molecule has 0 aliphatic rings. The van der Waals surface area contributed by atoms with E-state index in [1.165, 1.54) is 16.0 Å². The Morgan fingerprint density at radius 2 is 1.80 bits per heavy atom. The van der Waals surface area contributed by atoms with Gasteiger partial charge in [-0.1, -0.05) is 29.8 Å². The quantitative estimate of drug-likeness (QED) is 0.924. The van der Waals surface area contributed by atoms with Crippen LogP contribution in [0.15, 0.2) is 36.4 Å². The molecule has 0 aliphatic carbocycles. The van der Waals surface area contributed by atoms with E-state index in [2.05, 4.69) is 46.7 Å². The van der Waals surface area contributed by atoms with Crippen molar-refractivity contribution in [3.63, 3.8) is 0 Å². The highest BCUT2D eigenvalue weighted by Crippen LogP contribution is 2.08. The van der Waals surface area contributed by atoms with E-state index in [4.69, 9.17) is 0 Å². The van der Waals surface area contributed by atoms with Gasteiger partial charge < -0.3 is 10.2 Å². The monoisotopic (exact) mass is 270 g/mol. The van der Waals surface area contributed by atoms with Crippen molar-refractivity contribution >= 4 is 11.7 Å². The predicted molar refractivity (Wildman–Crippen MR) is 78.6 cm³/mol. The SMILES string of the molecule is Cc1ccc(CNc2ccc(C(=O)N(C)C)nn2)cc1. The molecule has 5 heteroatoms. The summed E-state index contributed by atoms with van der Waals surface area (Å²) in [5.74, 6) is 0.503. The summed E-state index contributed by atoms with van der Waals surface area (Å²) < 4.78 is 0. The van der Waals surface area contributed by atoms with E-state index < -0.39 is 0 Å². The molecule has 0 saturated heterocycles. The molecular formula is C15H18N4O. The zero-order chi connectivity index (χ0) is 14.5. The molecule has 0 spiro atoms. The van der Waals surface area contributed by atoms with Gasteiger partial charge in [0, 0.05) is 20.6 Å². The Morgan fingerprint density at radius 3 is 2.35 bits per heavy atom. The van der Waals surface area contributed by atoms with Gasteiger partial charge in [-0.15, -0.1) is 10.2 Å². The van der Waals surface area contributed by atoms with Crippen molar-refractivity contribution < 1.29 is 4.79 Å². The fraction of sp³-hybridized carbons (Fsp3) is 0.267. The highest BCUT2D eigenvalue weighted by molar-refractivity contribution is 5.91. The van der Waals surface area contributed by atoms with Gasteiger partial charge in [0.25, 0.3) is 5.91 Å². The van der Waals surface area contributed by atoms with E-state index in [0.717, 1.165) is 0 Å². The Bertz CT molecular complexity index is 576. The average molecular weight is 270 g/mol. The van der Waals surface area contributed by atoms with E-state index in [9.17, 15) is 4.79 Å². The summed E-state index contributed by atoms with van der Waals surface area (Å²) in [7, 11) is 3.38. The Labute approximate surface area is 118 Å². The van der Waals surface area contributed by atoms with Crippen molar-refractivity contribution in [3.05, 3.63) is 53.2 Å². The van der Waals surface area contributed by atoms with Gasteiger partial charge >= 0.3 is 0 Å². The molecule has 5 nitrogen and oxygen atoms in total. The molecule has 1 aromatic carbocycles. The molecule has 1 heterocycles. The smallest absolute Gasteiger partial charge is 0.273 e. The molecule has 0 fully saturated rings. The maximum Gasteiger partial charge on any atom is 0.273 e. The number of benzene rings is 1. The first-order valence-corrected chi connectivity index (χ1v) is 6.41. The second kappa shape index (κ2) is 6.14. The van der Waals surface area contributed by atoms with Gasteiger partial charge in [0.1, 0.15) is 5.82 Å². The topological polar surface area (TPSA) is 58.1 Å². The highest BCUT2D eigenvalue weighted by atomic mass is 16.2. The number of hydrogen-bond donors (Lipinski definition) is 1. The maximum absolute atomic E-state index is 11.7. The van der Waals surface area contributed by atoms with Crippen LogP contribution in [0.4, 0.5) is 5.82 Å². The Kier molecular flexibility index (Phi) is 4.30. The molecule has 2 aromatic rings. The van der Waals surface area contributed by atoms with Gasteiger partial charge in [-0.25, -0.2) is 0 Å². The second-order valence-electron chi connectivity index (χ2n) is 4.84. The lowest BCUT2D eigenvalue weighted by atomic mass is 10.1. The van der Waals surface area contributed by atoms with Gasteiger partial charge in [0.2, 0.25) is 0 Å². The second-order valence-corrected chi connectivity index (χ2v) is 4.84. The van der Waals surface area contributed by atoms with Crippen LogP contribution in [0.3, 0.4) is 0 Å². The van der Waals surface area contributed by atoms with Crippen LogP contribution in [0.5, 0.6) is 0 Å². The molecule has 1 amide bonds. The van der Waals surface area contributed by atoms with E-state index in [0.29, 0.717) is 18.1 Å². The lowest BCUT2D eigenvalue weighted by Crippen LogP contribution is -2.23. The van der Waals surface area contributed by atoms with Crippen molar-refractivity contribution in [2.24, 2.45) is 0 Å². The minimum Gasteiger partial charge on any atom is -0.365 e. The van der Waals surface area contributed by atoms with Gasteiger partial charge in [0.15, 0.2) is 5.69 Å². The first kappa shape index (κ1) is 14.0. The van der Waals surface area contributed by atoms with Crippen molar-refractivity contribution in [3.8, 4) is 0 Å². The van der Waals surface area contributed by atoms with Crippen LogP contribution in [0.25, 0.3) is 0 Å². The first-order valence-electron chi connectivity index (χ1n) is 6.41. The number of aromatic nitrogens is 2. The Hall–Kier alpha value is -2.43. The lowest BCUT2D eigenvalue weighted by Gasteiger charge is -2.09. The number of carbonyl (C=O) groups excluding carboxylic acids is 1. The van der Waals surface area contributed by atoms with Crippen LogP contribution in [-0.4, -0.2) is 35.1 Å². The number of nitrogens with zero attached hydrogens (tertiary/aromatic N) is 3. The number of rotatable bonds is 4. The molecule has 0 unspecified atom stereocenters. The fourth-order valence-corrected chi connectivity index (χ4v) is 1.67. The summed E-state index contributed by atoms with van der Waals surface area (Å²) in [6.45, 7) is 2.74. The molecule has 1 aromatic heterocycles. The molecular weight excluding hydrogens is 252 g/mol. The van der Waals surface area contributed by atoms with Gasteiger partial charge in [0.05, 0.1) is 0 Å². The van der Waals surface area contributed by atoms with Crippen molar-refractivity contribution in [2.75, 3.05) is 19.4 Å². The van der Waals surface area contributed by atoms with E-state index in [-0.39, 0.29) is 5.91 Å². The third-order valence-electron chi connectivity index (χ3n) is 2.88. The molecule has 0 atom stereocenters. The number of hydrogen-bond acceptors (Lipinski definition) is 4. The number of aryl methyl sites for hydroxylation is 1. The first-order chi connectivity index (χ1) is 9.56. The molecule has 0 bridgehead atoms. The third-order valence-corrected chi connectivity index (χ3v) is 2.88. The standard InChI is InChI=1S/C15H18N4O/c1-11-4-6-12(7-5-11)10-16-14-9-8-13(17-18-14)15(20)19(2)3/h4-9H,10H2,1-3H3,(H,16,18). The summed E-state index contributed by atoms with van der Waals surface area (Å²) in [5.41, 5.74) is 2.75. The zero-order valence-electron chi connectivity index (χ0n) is 11.9. The van der Waals surface area contributed by atoms with Crippen molar-refractivity contribution in [1.82, 2.24) is 15.1 Å². The molecule has 104 valence electrons. The van der Waals surface area contributed by atoms with Crippen LogP contribution in [0, 0.1) is 6.92 Å². The summed E-state index contributed by atoms with van der Waals surface area (Å²) in [6.07, 6.45) is 0. The van der Waals surface area contributed by atoms with Crippen LogP contribution in [0.2, 0.25) is 0 Å². The van der Waals surface area contributed by atoms with Crippen LogP contribution in [-0.2, 0) is 6.54 Å². The number of amides is 1. The minimum atomic E-state index is -0.150. The van der Waals surface area contributed by atoms with Crippen LogP contribution >= 0.6 is 0 Å². The molecule has 1 N–H and O–H groups in total. The number of anilines is 1. The largest absolute Gasteiger partial charge is 0.365 e. The van der Waals surface area contributed by atoms with Gasteiger partial charge in [-0.3, -0.25) is 4.79 Å². The molecule has 2 rings (SSSR count). The molecule has 20 heavy (non-hydrogen) atoms. The number of nitrogens with one attached hydrogen (secondary N) is 1. The van der Waals surface area contributed by atoms with E-state index in [1.54, 1.807) is 26.2 Å². The maximum atomic E-state index is 11.7. The summed E-state index contributed by atoms with van der Waals surface area (Å²) >= 11 is 0. The van der Waals surface area contributed by atoms with Crippen LogP contribution in [0.1, 0.15) is 21.6 Å². The minimum absolute atomic E-state index is 0.150. The van der Waals surface area contributed by atoms with Crippen molar-refractivity contribution in [2.45, 2.75) is 13.5 Å². The third kappa shape index (κ3) is 3.54. The highest BCUT2D eigenvalue weighted by Gasteiger charge is 2.09. The predicted octanol–water partition coefficient (Wildman–Crippen LogP) is 2.10. The Balaban J connectivity index is 1.97. The Morgan fingerprint density at radius 1 is 1.10 bits per heavy atom. The summed E-state index contributed by atoms with van der Waals surface area (Å²) in [4.78, 5) is 13.1. The molecule has 0 radical (unpaired) electrons. The van der Waals surface area contributed by atoms with E-state index >= 15 is 0 Å². The van der Waals surface area contributed by atoms with Gasteiger partial charge in [-0.2, -0.15) is 0 Å². The van der Waals surface area contributed by atoms with E-state index in [1.807, 2.05) is 0 Å². The average Bonchev–Trinajstić information content (AvgIpc) is 2.46. The lowest BCUT2D eigenvalue weighted by molar-refractivity contribution is 0.0821. The normalized spacial score (nSPS) is 10.2. The fourth-order valence-electron chi connectivity index (χ4n) is 1.67. The summed E-state index contributed by atoms with van der Waals surface area (Å²) in [6, 6.07) is 11.7. The van der Waals surface area contributed by atoms with Crippen molar-refractivity contribution in [1.29, 1.82) is 0 Å². The number of carbonyl (C=O) groups is 1. The van der Waals surface area contributed by atoms with Gasteiger partial charge in [-0.05, 0) is 24.6 Å². The molecule has 0 aliphatic heterocycles. The summed E-state index contributed by atoms with van der Waals surface area (Å²) in [5, 5.41) is 11.1. The molecule has 0 saturated carbocycles.